The van der Waals surface area contributed by atoms with Gasteiger partial charge in [-0.05, 0) is 24.9 Å². The quantitative estimate of drug-likeness (QED) is 0.807. The first-order chi connectivity index (χ1) is 7.09. The summed E-state index contributed by atoms with van der Waals surface area (Å²) >= 11 is 1.75. The molecule has 1 unspecified atom stereocenters. The van der Waals surface area contributed by atoms with Crippen molar-refractivity contribution < 1.29 is 9.90 Å². The molecule has 1 aromatic heterocycles. The normalized spacial score (nSPS) is 13.0. The van der Waals surface area contributed by atoms with Gasteiger partial charge < -0.3 is 10.0 Å². The third-order valence-corrected chi connectivity index (χ3v) is 3.26. The minimum absolute atomic E-state index is 0.293. The topological polar surface area (TPSA) is 40.5 Å². The van der Waals surface area contributed by atoms with E-state index in [0.717, 1.165) is 13.0 Å². The van der Waals surface area contributed by atoms with Crippen molar-refractivity contribution in [3.05, 3.63) is 22.4 Å². The molecule has 1 atom stereocenters. The molecule has 84 valence electrons. The third-order valence-electron chi connectivity index (χ3n) is 2.33. The third kappa shape index (κ3) is 4.44. The molecule has 0 saturated heterocycles. The summed E-state index contributed by atoms with van der Waals surface area (Å²) in [6.07, 6.45) is 1.00. The van der Waals surface area contributed by atoms with Crippen molar-refractivity contribution in [3.63, 3.8) is 0 Å². The van der Waals surface area contributed by atoms with Crippen molar-refractivity contribution in [1.29, 1.82) is 0 Å². The smallest absolute Gasteiger partial charge is 0.307 e. The van der Waals surface area contributed by atoms with Crippen molar-refractivity contribution in [3.8, 4) is 0 Å². The number of rotatable bonds is 6. The van der Waals surface area contributed by atoms with E-state index in [2.05, 4.69) is 16.3 Å². The Balaban J connectivity index is 2.24. The summed E-state index contributed by atoms with van der Waals surface area (Å²) in [5.41, 5.74) is 0. The molecule has 0 aliphatic carbocycles. The fraction of sp³-hybridized carbons (Fsp3) is 0.545. The molecule has 0 spiro atoms. The van der Waals surface area contributed by atoms with Crippen LogP contribution in [0, 0.1) is 5.92 Å². The van der Waals surface area contributed by atoms with Gasteiger partial charge in [0.15, 0.2) is 0 Å². The van der Waals surface area contributed by atoms with Gasteiger partial charge in [0.2, 0.25) is 0 Å². The summed E-state index contributed by atoms with van der Waals surface area (Å²) in [4.78, 5) is 14.1. The average molecular weight is 227 g/mol. The predicted molar refractivity (Wildman–Crippen MR) is 62.3 cm³/mol. The SMILES string of the molecule is CC(CN(C)CCc1cccs1)C(=O)O. The highest BCUT2D eigenvalue weighted by atomic mass is 32.1. The standard InChI is InChI=1S/C11H17NO2S/c1-9(11(13)14)8-12(2)6-5-10-4-3-7-15-10/h3-4,7,9H,5-6,8H2,1-2H3,(H,13,14). The Morgan fingerprint density at radius 1 is 1.67 bits per heavy atom. The second-order valence-corrected chi connectivity index (χ2v) is 4.86. The molecule has 0 saturated carbocycles. The maximum absolute atomic E-state index is 10.6. The van der Waals surface area contributed by atoms with Gasteiger partial charge in [0, 0.05) is 18.0 Å². The van der Waals surface area contributed by atoms with Crippen molar-refractivity contribution in [2.75, 3.05) is 20.1 Å². The Labute approximate surface area is 94.3 Å². The Morgan fingerprint density at radius 3 is 2.93 bits per heavy atom. The monoisotopic (exact) mass is 227 g/mol. The van der Waals surface area contributed by atoms with Crippen LogP contribution in [-0.4, -0.2) is 36.1 Å². The lowest BCUT2D eigenvalue weighted by Gasteiger charge is -2.18. The summed E-state index contributed by atoms with van der Waals surface area (Å²) in [7, 11) is 1.97. The van der Waals surface area contributed by atoms with Crippen LogP contribution in [0.4, 0.5) is 0 Å². The molecule has 1 N–H and O–H groups in total. The molecule has 4 heteroatoms. The maximum Gasteiger partial charge on any atom is 0.307 e. The first kappa shape index (κ1) is 12.2. The minimum atomic E-state index is -0.724. The molecule has 15 heavy (non-hydrogen) atoms. The zero-order valence-corrected chi connectivity index (χ0v) is 9.96. The van der Waals surface area contributed by atoms with Gasteiger partial charge in [0.05, 0.1) is 5.92 Å². The minimum Gasteiger partial charge on any atom is -0.481 e. The van der Waals surface area contributed by atoms with Crippen LogP contribution >= 0.6 is 11.3 Å². The molecular formula is C11H17NO2S. The van der Waals surface area contributed by atoms with E-state index in [4.69, 9.17) is 5.11 Å². The van der Waals surface area contributed by atoms with Gasteiger partial charge in [0.25, 0.3) is 0 Å². The molecule has 0 bridgehead atoms. The molecule has 1 rings (SSSR count). The van der Waals surface area contributed by atoms with Crippen LogP contribution in [-0.2, 0) is 11.2 Å². The van der Waals surface area contributed by atoms with Gasteiger partial charge in [-0.2, -0.15) is 0 Å². The first-order valence-corrected chi connectivity index (χ1v) is 5.91. The van der Waals surface area contributed by atoms with Gasteiger partial charge in [-0.15, -0.1) is 11.3 Å². The zero-order chi connectivity index (χ0) is 11.3. The number of carbonyl (C=O) groups is 1. The fourth-order valence-electron chi connectivity index (χ4n) is 1.39. The maximum atomic E-state index is 10.6. The van der Waals surface area contributed by atoms with Crippen molar-refractivity contribution >= 4 is 17.3 Å². The fourth-order valence-corrected chi connectivity index (χ4v) is 2.09. The average Bonchev–Trinajstić information content (AvgIpc) is 2.66. The Hall–Kier alpha value is -0.870. The van der Waals surface area contributed by atoms with Crippen LogP contribution in [0.25, 0.3) is 0 Å². The van der Waals surface area contributed by atoms with Crippen LogP contribution in [0.1, 0.15) is 11.8 Å². The number of nitrogens with zero attached hydrogens (tertiary/aromatic N) is 1. The second-order valence-electron chi connectivity index (χ2n) is 3.83. The number of carboxylic acid groups (broad SMARTS) is 1. The lowest BCUT2D eigenvalue weighted by molar-refractivity contribution is -0.141. The molecule has 1 heterocycles. The number of likely N-dealkylation sites (N-methyl/N-ethyl adjacent to an activating group) is 1. The van der Waals surface area contributed by atoms with Crippen LogP contribution in [0.5, 0.6) is 0 Å². The largest absolute Gasteiger partial charge is 0.481 e. The van der Waals surface area contributed by atoms with E-state index in [1.54, 1.807) is 18.3 Å². The lowest BCUT2D eigenvalue weighted by atomic mass is 10.2. The highest BCUT2D eigenvalue weighted by Crippen LogP contribution is 2.09. The lowest BCUT2D eigenvalue weighted by Crippen LogP contribution is -2.30. The van der Waals surface area contributed by atoms with Crippen LogP contribution in [0.15, 0.2) is 17.5 Å². The number of carboxylic acids is 1. The Bertz CT molecular complexity index is 298. The molecule has 0 aliphatic heterocycles. The van der Waals surface area contributed by atoms with Gasteiger partial charge >= 0.3 is 5.97 Å². The number of hydrogen-bond acceptors (Lipinski definition) is 3. The molecule has 0 aromatic carbocycles. The summed E-state index contributed by atoms with van der Waals surface area (Å²) in [6, 6.07) is 4.15. The number of thiophene rings is 1. The van der Waals surface area contributed by atoms with Crippen molar-refractivity contribution in [1.82, 2.24) is 4.90 Å². The summed E-state index contributed by atoms with van der Waals surface area (Å²) in [5.74, 6) is -1.02. The second kappa shape index (κ2) is 5.88. The Kier molecular flexibility index (Phi) is 4.78. The van der Waals surface area contributed by atoms with E-state index in [9.17, 15) is 4.79 Å². The summed E-state index contributed by atoms with van der Waals surface area (Å²) < 4.78 is 0. The van der Waals surface area contributed by atoms with Crippen LogP contribution in [0.2, 0.25) is 0 Å². The molecular weight excluding hydrogens is 210 g/mol. The Morgan fingerprint density at radius 2 is 2.40 bits per heavy atom. The van der Waals surface area contributed by atoms with E-state index >= 15 is 0 Å². The molecule has 1 aromatic rings. The van der Waals surface area contributed by atoms with E-state index in [1.165, 1.54) is 4.88 Å². The van der Waals surface area contributed by atoms with E-state index in [1.807, 2.05) is 13.1 Å². The van der Waals surface area contributed by atoms with E-state index in [-0.39, 0.29) is 5.92 Å². The van der Waals surface area contributed by atoms with Gasteiger partial charge in [-0.25, -0.2) is 0 Å². The summed E-state index contributed by atoms with van der Waals surface area (Å²) in [5, 5.41) is 10.8. The van der Waals surface area contributed by atoms with Gasteiger partial charge in [-0.1, -0.05) is 13.0 Å². The van der Waals surface area contributed by atoms with E-state index in [0.29, 0.717) is 6.54 Å². The van der Waals surface area contributed by atoms with Crippen LogP contribution < -0.4 is 0 Å². The van der Waals surface area contributed by atoms with Crippen molar-refractivity contribution in [2.24, 2.45) is 5.92 Å². The highest BCUT2D eigenvalue weighted by molar-refractivity contribution is 7.09. The van der Waals surface area contributed by atoms with Crippen molar-refractivity contribution in [2.45, 2.75) is 13.3 Å². The molecule has 0 fully saturated rings. The van der Waals surface area contributed by atoms with E-state index < -0.39 is 5.97 Å². The van der Waals surface area contributed by atoms with Gasteiger partial charge in [0.1, 0.15) is 0 Å². The van der Waals surface area contributed by atoms with Crippen LogP contribution in [0.3, 0.4) is 0 Å². The predicted octanol–water partition coefficient (Wildman–Crippen LogP) is 1.94. The number of aliphatic carboxylic acids is 1. The molecule has 3 nitrogen and oxygen atoms in total. The number of hydrogen-bond donors (Lipinski definition) is 1. The first-order valence-electron chi connectivity index (χ1n) is 5.03. The van der Waals surface area contributed by atoms with Gasteiger partial charge in [-0.3, -0.25) is 4.79 Å². The highest BCUT2D eigenvalue weighted by Gasteiger charge is 2.13. The zero-order valence-electron chi connectivity index (χ0n) is 9.14. The molecule has 0 aliphatic rings. The molecule has 0 amide bonds. The molecule has 0 radical (unpaired) electrons. The summed E-state index contributed by atoms with van der Waals surface area (Å²) in [6.45, 7) is 3.27.